The topological polar surface area (TPSA) is 70.3 Å². The van der Waals surface area contributed by atoms with Gasteiger partial charge in [-0.2, -0.15) is 0 Å². The van der Waals surface area contributed by atoms with Gasteiger partial charge >= 0.3 is 6.36 Å². The molecule has 0 aliphatic carbocycles. The molecule has 0 aliphatic rings. The van der Waals surface area contributed by atoms with Crippen molar-refractivity contribution in [3.05, 3.63) is 42.4 Å². The van der Waals surface area contributed by atoms with Crippen molar-refractivity contribution in [1.82, 2.24) is 9.97 Å². The van der Waals surface area contributed by atoms with Gasteiger partial charge in [-0.05, 0) is 24.3 Å². The second kappa shape index (κ2) is 5.92. The van der Waals surface area contributed by atoms with Crippen LogP contribution in [0.3, 0.4) is 0 Å². The summed E-state index contributed by atoms with van der Waals surface area (Å²) in [7, 11) is 0. The maximum absolute atomic E-state index is 12.0. The molecule has 0 aliphatic heterocycles. The number of benzene rings is 1. The molecule has 0 bridgehead atoms. The number of thiocarbonyl (C=S) groups is 1. The number of alkyl halides is 3. The van der Waals surface area contributed by atoms with Crippen molar-refractivity contribution in [1.29, 1.82) is 0 Å². The van der Waals surface area contributed by atoms with Crippen LogP contribution in [0, 0.1) is 0 Å². The van der Waals surface area contributed by atoms with Gasteiger partial charge in [0.15, 0.2) is 0 Å². The van der Waals surface area contributed by atoms with Gasteiger partial charge in [0.05, 0.1) is 12.4 Å². The summed E-state index contributed by atoms with van der Waals surface area (Å²) in [6.07, 6.45) is -2.10. The summed E-state index contributed by atoms with van der Waals surface area (Å²) < 4.78 is 45.0. The van der Waals surface area contributed by atoms with E-state index in [9.17, 15) is 13.2 Å². The molecule has 5 nitrogen and oxygen atoms in total. The van der Waals surface area contributed by atoms with Crippen molar-refractivity contribution in [3.8, 4) is 17.4 Å². The molecule has 0 saturated heterocycles. The Bertz CT molecular complexity index is 630. The molecule has 0 saturated carbocycles. The summed E-state index contributed by atoms with van der Waals surface area (Å²) in [6, 6.07) is 4.87. The lowest BCUT2D eigenvalue weighted by molar-refractivity contribution is -0.274. The molecule has 1 aromatic heterocycles. The van der Waals surface area contributed by atoms with Crippen molar-refractivity contribution >= 4 is 17.2 Å². The molecule has 0 unspecified atom stereocenters. The molecule has 0 fully saturated rings. The fourth-order valence-electron chi connectivity index (χ4n) is 1.33. The Morgan fingerprint density at radius 3 is 2.14 bits per heavy atom. The summed E-state index contributed by atoms with van der Waals surface area (Å²) in [5.74, 6) is 0.0890. The van der Waals surface area contributed by atoms with Gasteiger partial charge in [0.25, 0.3) is 0 Å². The van der Waals surface area contributed by atoms with E-state index in [2.05, 4.69) is 14.7 Å². The Balaban J connectivity index is 2.04. The van der Waals surface area contributed by atoms with E-state index in [1.165, 1.54) is 24.5 Å². The lowest BCUT2D eigenvalue weighted by Crippen LogP contribution is -2.16. The molecule has 0 atom stereocenters. The van der Waals surface area contributed by atoms with Gasteiger partial charge in [0.1, 0.15) is 22.2 Å². The Hall–Kier alpha value is -2.42. The van der Waals surface area contributed by atoms with Crippen molar-refractivity contribution in [2.75, 3.05) is 0 Å². The van der Waals surface area contributed by atoms with E-state index in [0.29, 0.717) is 5.69 Å². The van der Waals surface area contributed by atoms with Gasteiger partial charge in [-0.25, -0.2) is 9.97 Å². The molecule has 2 N–H and O–H groups in total. The number of rotatable bonds is 4. The Morgan fingerprint density at radius 2 is 1.67 bits per heavy atom. The number of aromatic nitrogens is 2. The van der Waals surface area contributed by atoms with Crippen molar-refractivity contribution in [2.45, 2.75) is 6.36 Å². The van der Waals surface area contributed by atoms with Gasteiger partial charge in [-0.15, -0.1) is 13.2 Å². The summed E-state index contributed by atoms with van der Waals surface area (Å²) in [4.78, 5) is 7.93. The summed E-state index contributed by atoms with van der Waals surface area (Å²) in [5, 5.41) is 0. The molecule has 0 radical (unpaired) electrons. The maximum Gasteiger partial charge on any atom is 0.573 e. The number of hydrogen-bond acceptors (Lipinski definition) is 5. The molecule has 1 heterocycles. The maximum atomic E-state index is 12.0. The largest absolute Gasteiger partial charge is 0.573 e. The third-order valence-electron chi connectivity index (χ3n) is 2.16. The molecule has 0 amide bonds. The summed E-state index contributed by atoms with van der Waals surface area (Å²) in [5.41, 5.74) is 5.70. The van der Waals surface area contributed by atoms with Gasteiger partial charge < -0.3 is 15.2 Å². The van der Waals surface area contributed by atoms with Crippen LogP contribution in [0.5, 0.6) is 17.4 Å². The van der Waals surface area contributed by atoms with E-state index in [-0.39, 0.29) is 22.4 Å². The van der Waals surface area contributed by atoms with Gasteiger partial charge in [-0.1, -0.05) is 12.2 Å². The van der Waals surface area contributed by atoms with E-state index in [0.717, 1.165) is 12.1 Å². The summed E-state index contributed by atoms with van der Waals surface area (Å²) >= 11 is 4.72. The quantitative estimate of drug-likeness (QED) is 0.875. The molecule has 9 heteroatoms. The Kier molecular flexibility index (Phi) is 4.22. The Labute approximate surface area is 122 Å². The molecule has 21 heavy (non-hydrogen) atoms. The average molecular weight is 315 g/mol. The predicted molar refractivity (Wildman–Crippen MR) is 71.1 cm³/mol. The highest BCUT2D eigenvalue weighted by Crippen LogP contribution is 2.26. The van der Waals surface area contributed by atoms with Crippen LogP contribution in [0.4, 0.5) is 13.2 Å². The molecular weight excluding hydrogens is 307 g/mol. The van der Waals surface area contributed by atoms with E-state index < -0.39 is 6.36 Å². The predicted octanol–water partition coefficient (Wildman–Crippen LogP) is 2.80. The number of halogens is 3. The zero-order chi connectivity index (χ0) is 15.5. The minimum atomic E-state index is -4.73. The lowest BCUT2D eigenvalue weighted by Gasteiger charge is -2.09. The lowest BCUT2D eigenvalue weighted by atomic mass is 10.3. The molecule has 1 aromatic carbocycles. The number of ether oxygens (including phenoxy) is 2. The van der Waals surface area contributed by atoms with Gasteiger partial charge in [0, 0.05) is 0 Å². The average Bonchev–Trinajstić information content (AvgIpc) is 2.40. The molecule has 110 valence electrons. The first-order valence-corrected chi connectivity index (χ1v) is 5.90. The van der Waals surface area contributed by atoms with Crippen LogP contribution in [0.1, 0.15) is 5.69 Å². The second-order valence-electron chi connectivity index (χ2n) is 3.73. The van der Waals surface area contributed by atoms with Crippen LogP contribution in [0.25, 0.3) is 0 Å². The van der Waals surface area contributed by atoms with Crippen LogP contribution >= 0.6 is 12.2 Å². The van der Waals surface area contributed by atoms with Crippen LogP contribution in [-0.2, 0) is 0 Å². The third-order valence-corrected chi connectivity index (χ3v) is 2.37. The SMILES string of the molecule is NC(=S)c1cnc(Oc2ccc(OC(F)(F)F)cc2)cn1. The zero-order valence-electron chi connectivity index (χ0n) is 10.3. The van der Waals surface area contributed by atoms with Crippen LogP contribution in [0.15, 0.2) is 36.7 Å². The van der Waals surface area contributed by atoms with E-state index in [1.807, 2.05) is 0 Å². The van der Waals surface area contributed by atoms with Crippen LogP contribution in [0.2, 0.25) is 0 Å². The first kappa shape index (κ1) is 15.0. The number of hydrogen-bond donors (Lipinski definition) is 1. The highest BCUT2D eigenvalue weighted by Gasteiger charge is 2.30. The normalized spacial score (nSPS) is 11.0. The fraction of sp³-hybridized carbons (Fsp3) is 0.0833. The highest BCUT2D eigenvalue weighted by molar-refractivity contribution is 7.80. The highest BCUT2D eigenvalue weighted by atomic mass is 32.1. The zero-order valence-corrected chi connectivity index (χ0v) is 11.1. The fourth-order valence-corrected chi connectivity index (χ4v) is 1.43. The van der Waals surface area contributed by atoms with Gasteiger partial charge in [-0.3, -0.25) is 0 Å². The smallest absolute Gasteiger partial charge is 0.438 e. The molecular formula is C12H8F3N3O2S. The van der Waals surface area contributed by atoms with Crippen LogP contribution in [-0.4, -0.2) is 21.3 Å². The summed E-state index contributed by atoms with van der Waals surface area (Å²) in [6.45, 7) is 0. The van der Waals surface area contributed by atoms with Crippen molar-refractivity contribution in [3.63, 3.8) is 0 Å². The molecule has 2 aromatic rings. The van der Waals surface area contributed by atoms with Crippen molar-refractivity contribution in [2.24, 2.45) is 5.73 Å². The second-order valence-corrected chi connectivity index (χ2v) is 4.17. The molecule has 2 rings (SSSR count). The van der Waals surface area contributed by atoms with E-state index in [4.69, 9.17) is 22.7 Å². The first-order chi connectivity index (χ1) is 9.83. The first-order valence-electron chi connectivity index (χ1n) is 5.49. The molecule has 0 spiro atoms. The van der Waals surface area contributed by atoms with Gasteiger partial charge in [0.2, 0.25) is 5.88 Å². The third kappa shape index (κ3) is 4.56. The standard InChI is InChI=1S/C12H8F3N3O2S/c13-12(14,15)20-8-3-1-7(2-4-8)19-10-6-17-9(5-18-10)11(16)21/h1-6H,(H2,16,21). The monoisotopic (exact) mass is 315 g/mol. The number of nitrogens with zero attached hydrogens (tertiary/aromatic N) is 2. The minimum Gasteiger partial charge on any atom is -0.438 e. The van der Waals surface area contributed by atoms with E-state index >= 15 is 0 Å². The van der Waals surface area contributed by atoms with Crippen LogP contribution < -0.4 is 15.2 Å². The minimum absolute atomic E-state index is 0.0997. The number of nitrogens with two attached hydrogens (primary N) is 1. The van der Waals surface area contributed by atoms with Crippen molar-refractivity contribution < 1.29 is 22.6 Å². The Morgan fingerprint density at radius 1 is 1.05 bits per heavy atom. The van der Waals surface area contributed by atoms with E-state index in [1.54, 1.807) is 0 Å².